The van der Waals surface area contributed by atoms with Crippen molar-refractivity contribution in [3.63, 3.8) is 0 Å². The number of pyridine rings is 1. The highest BCUT2D eigenvalue weighted by atomic mass is 16.2. The normalized spacial score (nSPS) is 31.9. The van der Waals surface area contributed by atoms with E-state index in [0.29, 0.717) is 18.8 Å². The second-order valence-corrected chi connectivity index (χ2v) is 8.55. The number of rotatable bonds is 5. The summed E-state index contributed by atoms with van der Waals surface area (Å²) in [6.07, 6.45) is 11.6. The molecule has 26 heavy (non-hydrogen) atoms. The first-order valence-electron chi connectivity index (χ1n) is 9.80. The van der Waals surface area contributed by atoms with Crippen LogP contribution in [0.25, 0.3) is 11.4 Å². The Hall–Kier alpha value is -2.24. The number of nitrogens with zero attached hydrogens (tertiary/aromatic N) is 3. The molecule has 4 fully saturated rings. The number of H-pyrrole nitrogens is 1. The third-order valence-corrected chi connectivity index (χ3v) is 6.62. The van der Waals surface area contributed by atoms with Crippen LogP contribution in [0.3, 0.4) is 0 Å². The molecule has 2 aromatic rings. The number of amides is 1. The lowest BCUT2D eigenvalue weighted by Gasteiger charge is -2.55. The predicted molar refractivity (Wildman–Crippen MR) is 96.9 cm³/mol. The average molecular weight is 351 g/mol. The quantitative estimate of drug-likeness (QED) is 0.867. The minimum Gasteiger partial charge on any atom is -0.355 e. The minimum atomic E-state index is -0.0724. The summed E-state index contributed by atoms with van der Waals surface area (Å²) in [7, 11) is 0. The van der Waals surface area contributed by atoms with Crippen molar-refractivity contribution in [1.82, 2.24) is 25.5 Å². The molecule has 0 unspecified atom stereocenters. The van der Waals surface area contributed by atoms with Crippen LogP contribution in [0.5, 0.6) is 0 Å². The summed E-state index contributed by atoms with van der Waals surface area (Å²) in [6.45, 7) is 0.613. The smallest absolute Gasteiger partial charge is 0.226 e. The molecular weight excluding hydrogens is 326 g/mol. The Balaban J connectivity index is 1.19. The van der Waals surface area contributed by atoms with Gasteiger partial charge in [-0.25, -0.2) is 4.98 Å². The first-order chi connectivity index (χ1) is 12.7. The molecule has 2 aromatic heterocycles. The van der Waals surface area contributed by atoms with E-state index >= 15 is 0 Å². The molecule has 2 heterocycles. The fourth-order valence-corrected chi connectivity index (χ4v) is 5.90. The third-order valence-electron chi connectivity index (χ3n) is 6.62. The van der Waals surface area contributed by atoms with Crippen LogP contribution in [0.15, 0.2) is 24.5 Å². The van der Waals surface area contributed by atoms with Crippen molar-refractivity contribution in [3.8, 4) is 11.4 Å². The van der Waals surface area contributed by atoms with E-state index in [1.54, 1.807) is 12.4 Å². The van der Waals surface area contributed by atoms with Crippen molar-refractivity contribution in [2.45, 2.75) is 44.9 Å². The molecule has 6 nitrogen and oxygen atoms in total. The van der Waals surface area contributed by atoms with Gasteiger partial charge in [0, 0.05) is 36.3 Å². The molecule has 4 aliphatic rings. The molecule has 1 amide bonds. The van der Waals surface area contributed by atoms with Crippen molar-refractivity contribution in [2.75, 3.05) is 6.54 Å². The van der Waals surface area contributed by atoms with Crippen LogP contribution in [-0.2, 0) is 11.2 Å². The van der Waals surface area contributed by atoms with Crippen molar-refractivity contribution >= 4 is 5.91 Å². The standard InChI is InChI=1S/C20H25N5O/c26-19(20-9-13-6-14(10-20)8-15(7-13)11-20)22-5-3-17-23-18(25-24-17)16-2-1-4-21-12-16/h1-2,4,12-15H,3,5-11H2,(H,22,26)(H,23,24,25). The molecule has 4 bridgehead atoms. The van der Waals surface area contributed by atoms with Gasteiger partial charge in [0.25, 0.3) is 0 Å². The highest BCUT2D eigenvalue weighted by Gasteiger charge is 2.54. The first-order valence-corrected chi connectivity index (χ1v) is 9.80. The lowest BCUT2D eigenvalue weighted by atomic mass is 9.49. The molecule has 0 spiro atoms. The molecule has 0 aliphatic heterocycles. The Morgan fingerprint density at radius 3 is 2.58 bits per heavy atom. The SMILES string of the molecule is O=C(NCCc1nc(-c2cccnc2)n[nH]1)C12CC3CC(CC(C3)C1)C2. The fourth-order valence-electron chi connectivity index (χ4n) is 5.90. The zero-order valence-corrected chi connectivity index (χ0v) is 14.9. The molecular formula is C20H25N5O. The van der Waals surface area contributed by atoms with E-state index in [0.717, 1.165) is 48.4 Å². The first kappa shape index (κ1) is 16.0. The van der Waals surface area contributed by atoms with Crippen molar-refractivity contribution < 1.29 is 4.79 Å². The largest absolute Gasteiger partial charge is 0.355 e. The fraction of sp³-hybridized carbons (Fsp3) is 0.600. The van der Waals surface area contributed by atoms with E-state index in [4.69, 9.17) is 0 Å². The molecule has 0 radical (unpaired) electrons. The number of carbonyl (C=O) groups is 1. The highest BCUT2D eigenvalue weighted by Crippen LogP contribution is 2.60. The zero-order chi connectivity index (χ0) is 17.6. The second-order valence-electron chi connectivity index (χ2n) is 8.55. The van der Waals surface area contributed by atoms with Crippen LogP contribution in [0, 0.1) is 23.2 Å². The Labute approximate surface area is 153 Å². The van der Waals surface area contributed by atoms with E-state index in [-0.39, 0.29) is 11.3 Å². The monoisotopic (exact) mass is 351 g/mol. The summed E-state index contributed by atoms with van der Waals surface area (Å²) in [4.78, 5) is 21.6. The topological polar surface area (TPSA) is 83.6 Å². The van der Waals surface area contributed by atoms with E-state index in [1.807, 2.05) is 12.1 Å². The Bertz CT molecular complexity index is 764. The summed E-state index contributed by atoms with van der Waals surface area (Å²) in [5.41, 5.74) is 0.824. The number of carbonyl (C=O) groups excluding carboxylic acids is 1. The third kappa shape index (κ3) is 2.81. The summed E-state index contributed by atoms with van der Waals surface area (Å²) in [6, 6.07) is 3.81. The predicted octanol–water partition coefficient (Wildman–Crippen LogP) is 2.74. The summed E-state index contributed by atoms with van der Waals surface area (Å²) in [5, 5.41) is 10.4. The minimum absolute atomic E-state index is 0.0724. The van der Waals surface area contributed by atoms with Gasteiger partial charge in [0.1, 0.15) is 5.82 Å². The van der Waals surface area contributed by atoms with E-state index in [1.165, 1.54) is 19.3 Å². The van der Waals surface area contributed by atoms with Crippen LogP contribution < -0.4 is 5.32 Å². The molecule has 6 heteroatoms. The van der Waals surface area contributed by atoms with Gasteiger partial charge in [-0.3, -0.25) is 14.9 Å². The summed E-state index contributed by atoms with van der Waals surface area (Å²) < 4.78 is 0. The van der Waals surface area contributed by atoms with Gasteiger partial charge in [-0.1, -0.05) is 0 Å². The Kier molecular flexibility index (Phi) is 3.80. The number of aromatic amines is 1. The number of nitrogens with one attached hydrogen (secondary N) is 2. The van der Waals surface area contributed by atoms with Gasteiger partial charge in [-0.05, 0) is 68.4 Å². The maximum absolute atomic E-state index is 12.9. The number of hydrogen-bond donors (Lipinski definition) is 2. The van der Waals surface area contributed by atoms with E-state index in [9.17, 15) is 4.79 Å². The lowest BCUT2D eigenvalue weighted by Crippen LogP contribution is -2.53. The highest BCUT2D eigenvalue weighted by molar-refractivity contribution is 5.83. The Morgan fingerprint density at radius 1 is 1.19 bits per heavy atom. The van der Waals surface area contributed by atoms with Gasteiger partial charge in [-0.2, -0.15) is 5.10 Å². The molecule has 0 aromatic carbocycles. The van der Waals surface area contributed by atoms with Gasteiger partial charge < -0.3 is 5.32 Å². The van der Waals surface area contributed by atoms with Gasteiger partial charge in [0.2, 0.25) is 5.91 Å². The van der Waals surface area contributed by atoms with Gasteiger partial charge in [0.05, 0.1) is 0 Å². The van der Waals surface area contributed by atoms with Gasteiger partial charge in [-0.15, -0.1) is 0 Å². The summed E-state index contributed by atoms with van der Waals surface area (Å²) >= 11 is 0. The second kappa shape index (κ2) is 6.18. The molecule has 2 N–H and O–H groups in total. The lowest BCUT2D eigenvalue weighted by molar-refractivity contribution is -0.146. The van der Waals surface area contributed by atoms with Gasteiger partial charge in [0.15, 0.2) is 5.82 Å². The Morgan fingerprint density at radius 2 is 1.92 bits per heavy atom. The molecule has 0 atom stereocenters. The summed E-state index contributed by atoms with van der Waals surface area (Å²) in [5.74, 6) is 4.12. The van der Waals surface area contributed by atoms with Crippen molar-refractivity contribution in [3.05, 3.63) is 30.4 Å². The van der Waals surface area contributed by atoms with Gasteiger partial charge >= 0.3 is 0 Å². The van der Waals surface area contributed by atoms with E-state index in [2.05, 4.69) is 25.5 Å². The molecule has 6 rings (SSSR count). The van der Waals surface area contributed by atoms with Crippen LogP contribution >= 0.6 is 0 Å². The van der Waals surface area contributed by atoms with E-state index < -0.39 is 0 Å². The number of aromatic nitrogens is 4. The van der Waals surface area contributed by atoms with Crippen molar-refractivity contribution in [1.29, 1.82) is 0 Å². The maximum Gasteiger partial charge on any atom is 0.226 e. The molecule has 4 aliphatic carbocycles. The number of hydrogen-bond acceptors (Lipinski definition) is 4. The van der Waals surface area contributed by atoms with Crippen LogP contribution in [0.2, 0.25) is 0 Å². The van der Waals surface area contributed by atoms with Crippen LogP contribution in [0.1, 0.15) is 44.3 Å². The van der Waals surface area contributed by atoms with Crippen molar-refractivity contribution in [2.24, 2.45) is 23.2 Å². The molecule has 136 valence electrons. The zero-order valence-electron chi connectivity index (χ0n) is 14.9. The molecule has 0 saturated heterocycles. The van der Waals surface area contributed by atoms with Crippen LogP contribution in [0.4, 0.5) is 0 Å². The average Bonchev–Trinajstić information content (AvgIpc) is 3.10. The molecule has 4 saturated carbocycles. The van der Waals surface area contributed by atoms with Crippen LogP contribution in [-0.4, -0.2) is 32.6 Å². The maximum atomic E-state index is 12.9.